The van der Waals surface area contributed by atoms with Gasteiger partial charge in [-0.1, -0.05) is 0 Å². The van der Waals surface area contributed by atoms with Crippen LogP contribution in [0.2, 0.25) is 0 Å². The molecule has 0 N–H and O–H groups in total. The van der Waals surface area contributed by atoms with E-state index in [1.165, 1.54) is 0 Å². The number of anilines is 1. The summed E-state index contributed by atoms with van der Waals surface area (Å²) in [7, 11) is 1.71. The van der Waals surface area contributed by atoms with E-state index < -0.39 is 0 Å². The van der Waals surface area contributed by atoms with Crippen LogP contribution < -0.4 is 4.90 Å². The molecule has 21 heavy (non-hydrogen) atoms. The molecule has 0 radical (unpaired) electrons. The fraction of sp³-hybridized carbons (Fsp3) is 0.643. The third-order valence-corrected chi connectivity index (χ3v) is 3.87. The van der Waals surface area contributed by atoms with Crippen molar-refractivity contribution >= 4 is 11.6 Å². The van der Waals surface area contributed by atoms with Gasteiger partial charge in [0, 0.05) is 44.7 Å². The van der Waals surface area contributed by atoms with Gasteiger partial charge in [0.15, 0.2) is 0 Å². The van der Waals surface area contributed by atoms with E-state index in [-0.39, 0.29) is 6.10 Å². The number of hydrogen-bond acceptors (Lipinski definition) is 6. The summed E-state index contributed by atoms with van der Waals surface area (Å²) in [5.74, 6) is 1.73. The maximum atomic E-state index is 5.81. The van der Waals surface area contributed by atoms with Crippen LogP contribution in [0.15, 0.2) is 6.33 Å². The smallest absolute Gasteiger partial charge is 0.254 e. The Labute approximate surface area is 123 Å². The van der Waals surface area contributed by atoms with Crippen molar-refractivity contribution in [2.75, 3.05) is 38.3 Å². The molecule has 0 aliphatic carbocycles. The lowest BCUT2D eigenvalue weighted by Crippen LogP contribution is -2.53. The molecule has 7 heteroatoms. The van der Waals surface area contributed by atoms with Gasteiger partial charge >= 0.3 is 0 Å². The van der Waals surface area contributed by atoms with Gasteiger partial charge in [0.25, 0.3) is 5.78 Å². The quantitative estimate of drug-likeness (QED) is 0.739. The summed E-state index contributed by atoms with van der Waals surface area (Å²) in [6.45, 7) is 7.34. The first-order valence-corrected chi connectivity index (χ1v) is 7.23. The van der Waals surface area contributed by atoms with Crippen molar-refractivity contribution in [1.82, 2.24) is 19.6 Å². The Hall–Kier alpha value is -1.73. The first kappa shape index (κ1) is 14.2. The molecule has 114 valence electrons. The van der Waals surface area contributed by atoms with Crippen LogP contribution in [0.1, 0.15) is 17.7 Å². The summed E-state index contributed by atoms with van der Waals surface area (Å²) >= 11 is 0. The van der Waals surface area contributed by atoms with Gasteiger partial charge in [-0.15, -0.1) is 0 Å². The van der Waals surface area contributed by atoms with Crippen molar-refractivity contribution in [3.8, 4) is 0 Å². The van der Waals surface area contributed by atoms with Gasteiger partial charge in [-0.25, -0.2) is 4.98 Å². The van der Waals surface area contributed by atoms with Gasteiger partial charge in [0.05, 0.1) is 6.10 Å². The number of nitrogens with zero attached hydrogens (tertiary/aromatic N) is 5. The minimum absolute atomic E-state index is 0.285. The standard InChI is InChI=1S/C14H21N5O2/c1-10-11(2)17-14-15-9-16-19(14)13(10)18-7-12(8-18)21-6-4-5-20-3/h9,12H,4-8H2,1-3H3. The minimum Gasteiger partial charge on any atom is -0.385 e. The highest BCUT2D eigenvalue weighted by Gasteiger charge is 2.31. The van der Waals surface area contributed by atoms with E-state index in [2.05, 4.69) is 26.9 Å². The molecule has 3 heterocycles. The van der Waals surface area contributed by atoms with E-state index >= 15 is 0 Å². The van der Waals surface area contributed by atoms with Gasteiger partial charge in [-0.05, 0) is 20.3 Å². The minimum atomic E-state index is 0.285. The molecule has 0 spiro atoms. The second-order valence-corrected chi connectivity index (χ2v) is 5.36. The number of aryl methyl sites for hydroxylation is 1. The Bertz CT molecular complexity index is 621. The van der Waals surface area contributed by atoms with Gasteiger partial charge in [-0.3, -0.25) is 0 Å². The monoisotopic (exact) mass is 291 g/mol. The first-order chi connectivity index (χ1) is 10.2. The average molecular weight is 291 g/mol. The molecule has 1 aliphatic rings. The van der Waals surface area contributed by atoms with Crippen molar-refractivity contribution in [2.24, 2.45) is 0 Å². The Kier molecular flexibility index (Phi) is 4.03. The van der Waals surface area contributed by atoms with Crippen LogP contribution in [-0.2, 0) is 9.47 Å². The zero-order valence-corrected chi connectivity index (χ0v) is 12.7. The van der Waals surface area contributed by atoms with Crippen molar-refractivity contribution in [1.29, 1.82) is 0 Å². The van der Waals surface area contributed by atoms with Gasteiger partial charge in [-0.2, -0.15) is 14.6 Å². The predicted octanol–water partition coefficient (Wildman–Crippen LogP) is 0.983. The van der Waals surface area contributed by atoms with E-state index in [4.69, 9.17) is 9.47 Å². The Morgan fingerprint density at radius 2 is 2.10 bits per heavy atom. The van der Waals surface area contributed by atoms with Crippen LogP contribution in [0.25, 0.3) is 5.78 Å². The third kappa shape index (κ3) is 2.71. The molecule has 2 aromatic heterocycles. The number of methoxy groups -OCH3 is 1. The molecular weight excluding hydrogens is 270 g/mol. The lowest BCUT2D eigenvalue weighted by Gasteiger charge is -2.41. The van der Waals surface area contributed by atoms with E-state index in [0.717, 1.165) is 49.8 Å². The molecule has 0 atom stereocenters. The zero-order chi connectivity index (χ0) is 14.8. The van der Waals surface area contributed by atoms with Crippen LogP contribution in [0.5, 0.6) is 0 Å². The summed E-state index contributed by atoms with van der Waals surface area (Å²) in [6, 6.07) is 0. The second-order valence-electron chi connectivity index (χ2n) is 5.36. The number of hydrogen-bond donors (Lipinski definition) is 0. The molecule has 7 nitrogen and oxygen atoms in total. The first-order valence-electron chi connectivity index (χ1n) is 7.23. The van der Waals surface area contributed by atoms with Gasteiger partial charge in [0.2, 0.25) is 0 Å². The summed E-state index contributed by atoms with van der Waals surface area (Å²) < 4.78 is 12.6. The van der Waals surface area contributed by atoms with Crippen molar-refractivity contribution < 1.29 is 9.47 Å². The number of aromatic nitrogens is 4. The number of rotatable bonds is 6. The largest absolute Gasteiger partial charge is 0.385 e. The molecule has 0 saturated carbocycles. The van der Waals surface area contributed by atoms with Crippen LogP contribution in [0.3, 0.4) is 0 Å². The zero-order valence-electron chi connectivity index (χ0n) is 12.7. The highest BCUT2D eigenvalue weighted by Crippen LogP contribution is 2.27. The molecule has 2 aromatic rings. The highest BCUT2D eigenvalue weighted by molar-refractivity contribution is 5.55. The highest BCUT2D eigenvalue weighted by atomic mass is 16.5. The van der Waals surface area contributed by atoms with Gasteiger partial charge in [0.1, 0.15) is 12.1 Å². The lowest BCUT2D eigenvalue weighted by atomic mass is 10.1. The maximum absolute atomic E-state index is 5.81. The molecule has 1 aliphatic heterocycles. The summed E-state index contributed by atoms with van der Waals surface area (Å²) in [5.41, 5.74) is 2.14. The SMILES string of the molecule is COCCCOC1CN(c2c(C)c(C)nc3ncnn23)C1. The van der Waals surface area contributed by atoms with E-state index in [1.807, 2.05) is 11.4 Å². The van der Waals surface area contributed by atoms with Crippen molar-refractivity contribution in [3.63, 3.8) is 0 Å². The number of fused-ring (bicyclic) bond motifs is 1. The Morgan fingerprint density at radius 1 is 1.29 bits per heavy atom. The van der Waals surface area contributed by atoms with Crippen molar-refractivity contribution in [2.45, 2.75) is 26.4 Å². The molecule has 0 unspecified atom stereocenters. The topological polar surface area (TPSA) is 64.8 Å². The predicted molar refractivity (Wildman–Crippen MR) is 78.7 cm³/mol. The van der Waals surface area contributed by atoms with E-state index in [0.29, 0.717) is 5.78 Å². The molecule has 0 bridgehead atoms. The average Bonchev–Trinajstić information content (AvgIpc) is 2.87. The summed E-state index contributed by atoms with van der Waals surface area (Å²) in [4.78, 5) is 10.9. The molecule has 0 aromatic carbocycles. The summed E-state index contributed by atoms with van der Waals surface area (Å²) in [6.07, 6.45) is 2.77. The van der Waals surface area contributed by atoms with Crippen LogP contribution in [-0.4, -0.2) is 59.1 Å². The van der Waals surface area contributed by atoms with Crippen LogP contribution >= 0.6 is 0 Å². The normalized spacial score (nSPS) is 15.7. The summed E-state index contributed by atoms with van der Waals surface area (Å²) in [5, 5.41) is 4.28. The fourth-order valence-corrected chi connectivity index (χ4v) is 2.56. The molecule has 1 fully saturated rings. The van der Waals surface area contributed by atoms with E-state index in [1.54, 1.807) is 13.4 Å². The third-order valence-electron chi connectivity index (χ3n) is 3.87. The van der Waals surface area contributed by atoms with Crippen LogP contribution in [0.4, 0.5) is 5.82 Å². The Balaban J connectivity index is 1.67. The number of ether oxygens (including phenoxy) is 2. The van der Waals surface area contributed by atoms with Crippen molar-refractivity contribution in [3.05, 3.63) is 17.6 Å². The van der Waals surface area contributed by atoms with E-state index in [9.17, 15) is 0 Å². The Morgan fingerprint density at radius 3 is 2.86 bits per heavy atom. The molecule has 0 amide bonds. The fourth-order valence-electron chi connectivity index (χ4n) is 2.56. The van der Waals surface area contributed by atoms with Crippen LogP contribution in [0, 0.1) is 13.8 Å². The van der Waals surface area contributed by atoms with Gasteiger partial charge < -0.3 is 14.4 Å². The lowest BCUT2D eigenvalue weighted by molar-refractivity contribution is 0.0228. The molecule has 3 rings (SSSR count). The molecule has 1 saturated heterocycles. The molecular formula is C14H21N5O2. The second kappa shape index (κ2) is 5.95. The maximum Gasteiger partial charge on any atom is 0.254 e.